The molecule has 2 saturated heterocycles. The molecule has 2 heterocycles. The number of ether oxygens (including phenoxy) is 3. The van der Waals surface area contributed by atoms with E-state index in [1.54, 1.807) is 0 Å². The summed E-state index contributed by atoms with van der Waals surface area (Å²) < 4.78 is 17.7. The normalized spacial score (nSPS) is 21.1. The predicted molar refractivity (Wildman–Crippen MR) is 121 cm³/mol. The maximum absolute atomic E-state index is 6.15. The van der Waals surface area contributed by atoms with Gasteiger partial charge in [0.25, 0.3) is 0 Å². The summed E-state index contributed by atoms with van der Waals surface area (Å²) in [6.45, 7) is 7.93. The van der Waals surface area contributed by atoms with E-state index in [2.05, 4.69) is 46.4 Å². The molecule has 0 radical (unpaired) electrons. The van der Waals surface area contributed by atoms with Gasteiger partial charge in [-0.1, -0.05) is 31.2 Å². The molecule has 0 aliphatic carbocycles. The van der Waals surface area contributed by atoms with Crippen molar-refractivity contribution in [2.45, 2.75) is 70.8 Å². The van der Waals surface area contributed by atoms with Gasteiger partial charge in [0.1, 0.15) is 0 Å². The van der Waals surface area contributed by atoms with Crippen molar-refractivity contribution in [2.24, 2.45) is 4.99 Å². The maximum Gasteiger partial charge on any atom is 0.193 e. The predicted octanol–water partition coefficient (Wildman–Crippen LogP) is 3.74. The van der Waals surface area contributed by atoms with Crippen LogP contribution < -0.4 is 5.32 Å². The fourth-order valence-electron chi connectivity index (χ4n) is 4.12. The van der Waals surface area contributed by atoms with E-state index in [1.165, 1.54) is 24.0 Å². The SMILES string of the molecule is CCCOCc1ccccc1CNC(=NC)N1CCC(OCC2CCCCO2)CC1. The van der Waals surface area contributed by atoms with E-state index in [4.69, 9.17) is 14.2 Å². The minimum atomic E-state index is 0.299. The van der Waals surface area contributed by atoms with E-state index < -0.39 is 0 Å². The highest BCUT2D eigenvalue weighted by molar-refractivity contribution is 5.80. The summed E-state index contributed by atoms with van der Waals surface area (Å²) in [5, 5.41) is 3.54. The lowest BCUT2D eigenvalue weighted by Crippen LogP contribution is -2.47. The van der Waals surface area contributed by atoms with Gasteiger partial charge < -0.3 is 24.4 Å². The highest BCUT2D eigenvalue weighted by atomic mass is 16.5. The van der Waals surface area contributed by atoms with E-state index in [-0.39, 0.29) is 0 Å². The smallest absolute Gasteiger partial charge is 0.193 e. The van der Waals surface area contributed by atoms with Crippen molar-refractivity contribution in [3.05, 3.63) is 35.4 Å². The molecule has 3 rings (SSSR count). The topological polar surface area (TPSA) is 55.3 Å². The standard InChI is InChI=1S/C24H39N3O3/c1-3-15-28-18-21-9-5-4-8-20(21)17-26-24(25-2)27-13-11-22(12-14-27)30-19-23-10-6-7-16-29-23/h4-5,8-9,22-23H,3,6-7,10-19H2,1-2H3,(H,25,26). The minimum Gasteiger partial charge on any atom is -0.377 e. The van der Waals surface area contributed by atoms with Gasteiger partial charge in [-0.25, -0.2) is 0 Å². The molecule has 0 bridgehead atoms. The van der Waals surface area contributed by atoms with Crippen LogP contribution in [0.5, 0.6) is 0 Å². The van der Waals surface area contributed by atoms with Crippen LogP contribution in [-0.4, -0.2) is 63.0 Å². The Kier molecular flexibility index (Phi) is 9.93. The fourth-order valence-corrected chi connectivity index (χ4v) is 4.12. The van der Waals surface area contributed by atoms with Gasteiger partial charge in [-0.05, 0) is 49.7 Å². The molecule has 2 aliphatic heterocycles. The molecule has 2 fully saturated rings. The van der Waals surface area contributed by atoms with Crippen LogP contribution in [0.15, 0.2) is 29.3 Å². The Bertz CT molecular complexity index is 638. The Labute approximate surface area is 182 Å². The highest BCUT2D eigenvalue weighted by Gasteiger charge is 2.23. The molecule has 0 aromatic heterocycles. The third-order valence-electron chi connectivity index (χ3n) is 5.91. The Balaban J connectivity index is 1.42. The number of aliphatic imine (C=N–C) groups is 1. The molecule has 168 valence electrons. The molecule has 0 saturated carbocycles. The number of hydrogen-bond donors (Lipinski definition) is 1. The first-order chi connectivity index (χ1) is 14.8. The number of nitrogens with zero attached hydrogens (tertiary/aromatic N) is 2. The molecule has 0 spiro atoms. The second kappa shape index (κ2) is 12.9. The van der Waals surface area contributed by atoms with Gasteiger partial charge in [0.15, 0.2) is 5.96 Å². The van der Waals surface area contributed by atoms with Crippen molar-refractivity contribution in [1.29, 1.82) is 0 Å². The van der Waals surface area contributed by atoms with Crippen molar-refractivity contribution in [1.82, 2.24) is 10.2 Å². The Morgan fingerprint density at radius 3 is 2.67 bits per heavy atom. The van der Waals surface area contributed by atoms with Crippen LogP contribution in [0.3, 0.4) is 0 Å². The molecule has 6 heteroatoms. The summed E-state index contributed by atoms with van der Waals surface area (Å²) >= 11 is 0. The number of likely N-dealkylation sites (tertiary alicyclic amines) is 1. The van der Waals surface area contributed by atoms with E-state index >= 15 is 0 Å². The van der Waals surface area contributed by atoms with Gasteiger partial charge in [-0.3, -0.25) is 4.99 Å². The van der Waals surface area contributed by atoms with Crippen LogP contribution >= 0.6 is 0 Å². The van der Waals surface area contributed by atoms with Crippen molar-refractivity contribution < 1.29 is 14.2 Å². The van der Waals surface area contributed by atoms with Crippen LogP contribution in [0.1, 0.15) is 56.6 Å². The van der Waals surface area contributed by atoms with Crippen LogP contribution in [0.2, 0.25) is 0 Å². The number of piperidine rings is 1. The fraction of sp³-hybridized carbons (Fsp3) is 0.708. The summed E-state index contributed by atoms with van der Waals surface area (Å²) in [5.41, 5.74) is 2.51. The van der Waals surface area contributed by atoms with Crippen LogP contribution in [0, 0.1) is 0 Å². The quantitative estimate of drug-likeness (QED) is 0.377. The van der Waals surface area contributed by atoms with Gasteiger partial charge in [0.05, 0.1) is 25.4 Å². The lowest BCUT2D eigenvalue weighted by atomic mass is 10.1. The van der Waals surface area contributed by atoms with E-state index in [1.807, 2.05) is 7.05 Å². The number of hydrogen-bond acceptors (Lipinski definition) is 4. The lowest BCUT2D eigenvalue weighted by molar-refractivity contribution is -0.0721. The monoisotopic (exact) mass is 417 g/mol. The first-order valence-corrected chi connectivity index (χ1v) is 11.6. The summed E-state index contributed by atoms with van der Waals surface area (Å²) in [5.74, 6) is 0.966. The summed E-state index contributed by atoms with van der Waals surface area (Å²) in [7, 11) is 1.86. The Morgan fingerprint density at radius 1 is 1.17 bits per heavy atom. The van der Waals surface area contributed by atoms with Crippen molar-refractivity contribution in [2.75, 3.05) is 40.0 Å². The van der Waals surface area contributed by atoms with Crippen LogP contribution in [0.25, 0.3) is 0 Å². The molecule has 30 heavy (non-hydrogen) atoms. The van der Waals surface area contributed by atoms with Gasteiger partial charge in [-0.2, -0.15) is 0 Å². The first-order valence-electron chi connectivity index (χ1n) is 11.6. The van der Waals surface area contributed by atoms with Crippen molar-refractivity contribution in [3.8, 4) is 0 Å². The minimum absolute atomic E-state index is 0.299. The highest BCUT2D eigenvalue weighted by Crippen LogP contribution is 2.18. The second-order valence-electron chi connectivity index (χ2n) is 8.23. The lowest BCUT2D eigenvalue weighted by Gasteiger charge is -2.35. The number of nitrogens with one attached hydrogen (secondary N) is 1. The third kappa shape index (κ3) is 7.25. The van der Waals surface area contributed by atoms with E-state index in [0.717, 1.165) is 71.1 Å². The van der Waals surface area contributed by atoms with Gasteiger partial charge >= 0.3 is 0 Å². The van der Waals surface area contributed by atoms with Gasteiger partial charge in [0, 0.05) is 39.9 Å². The van der Waals surface area contributed by atoms with Gasteiger partial charge in [-0.15, -0.1) is 0 Å². The van der Waals surface area contributed by atoms with Crippen molar-refractivity contribution >= 4 is 5.96 Å². The first kappa shape index (κ1) is 23.0. The average molecular weight is 418 g/mol. The van der Waals surface area contributed by atoms with E-state index in [9.17, 15) is 0 Å². The molecule has 0 amide bonds. The van der Waals surface area contributed by atoms with Crippen molar-refractivity contribution in [3.63, 3.8) is 0 Å². The largest absolute Gasteiger partial charge is 0.377 e. The zero-order valence-corrected chi connectivity index (χ0v) is 18.8. The number of guanidine groups is 1. The molecule has 6 nitrogen and oxygen atoms in total. The summed E-state index contributed by atoms with van der Waals surface area (Å²) in [4.78, 5) is 6.86. The molecular weight excluding hydrogens is 378 g/mol. The molecular formula is C24H39N3O3. The zero-order valence-electron chi connectivity index (χ0n) is 18.8. The summed E-state index contributed by atoms with van der Waals surface area (Å²) in [6.07, 6.45) is 7.35. The molecule has 2 aliphatic rings. The van der Waals surface area contributed by atoms with Gasteiger partial charge in [0.2, 0.25) is 0 Å². The number of benzene rings is 1. The summed E-state index contributed by atoms with van der Waals surface area (Å²) in [6, 6.07) is 8.47. The third-order valence-corrected chi connectivity index (χ3v) is 5.91. The average Bonchev–Trinajstić information content (AvgIpc) is 2.80. The van der Waals surface area contributed by atoms with E-state index in [0.29, 0.717) is 18.8 Å². The second-order valence-corrected chi connectivity index (χ2v) is 8.23. The van der Waals surface area contributed by atoms with Crippen LogP contribution in [0.4, 0.5) is 0 Å². The Morgan fingerprint density at radius 2 is 1.97 bits per heavy atom. The molecule has 1 aromatic rings. The molecule has 1 atom stereocenters. The van der Waals surface area contributed by atoms with Crippen LogP contribution in [-0.2, 0) is 27.4 Å². The Hall–Kier alpha value is -1.63. The molecule has 1 aromatic carbocycles. The molecule has 1 N–H and O–H groups in total. The molecule has 1 unspecified atom stereocenters. The zero-order chi connectivity index (χ0) is 21.0. The number of rotatable bonds is 9. The maximum atomic E-state index is 6.15.